The summed E-state index contributed by atoms with van der Waals surface area (Å²) < 4.78 is 11.3. The topological polar surface area (TPSA) is 58.1 Å². The van der Waals surface area contributed by atoms with E-state index in [1.165, 1.54) is 0 Å². The number of likely N-dealkylation sites (tertiary alicyclic amines) is 1. The second kappa shape index (κ2) is 9.32. The van der Waals surface area contributed by atoms with Crippen LogP contribution in [0.3, 0.4) is 0 Å². The quantitative estimate of drug-likeness (QED) is 0.636. The van der Waals surface area contributed by atoms with Crippen molar-refractivity contribution in [2.24, 2.45) is 0 Å². The number of ether oxygens (including phenoxy) is 2. The number of morpholine rings is 1. The lowest BCUT2D eigenvalue weighted by molar-refractivity contribution is -0.0461. The van der Waals surface area contributed by atoms with Gasteiger partial charge >= 0.3 is 0 Å². The van der Waals surface area contributed by atoms with Gasteiger partial charge in [-0.05, 0) is 40.6 Å². The Kier molecular flexibility index (Phi) is 6.13. The highest BCUT2D eigenvalue weighted by atomic mass is 16.5. The summed E-state index contributed by atoms with van der Waals surface area (Å²) in [6.07, 6.45) is 3.16. The van der Waals surface area contributed by atoms with E-state index >= 15 is 0 Å². The average molecular weight is 420 g/mol. The van der Waals surface area contributed by atoms with Gasteiger partial charge in [-0.1, -0.05) is 24.3 Å². The molecule has 0 radical (unpaired) electrons. The van der Waals surface area contributed by atoms with Crippen LogP contribution in [0, 0.1) is 0 Å². The first-order chi connectivity index (χ1) is 15.2. The third-order valence-electron chi connectivity index (χ3n) is 6.22. The summed E-state index contributed by atoms with van der Waals surface area (Å²) in [5, 5.41) is 12.7. The zero-order valence-electron chi connectivity index (χ0n) is 17.7. The summed E-state index contributed by atoms with van der Waals surface area (Å²) >= 11 is 0. The van der Waals surface area contributed by atoms with Crippen LogP contribution >= 0.6 is 0 Å². The summed E-state index contributed by atoms with van der Waals surface area (Å²) in [5.74, 6) is 0.782. The molecule has 1 aromatic heterocycles. The van der Waals surface area contributed by atoms with Crippen LogP contribution in [0.2, 0.25) is 0 Å². The molecule has 1 unspecified atom stereocenters. The smallest absolute Gasteiger partial charge is 0.120 e. The summed E-state index contributed by atoms with van der Waals surface area (Å²) in [7, 11) is 0. The molecule has 2 fully saturated rings. The molecule has 1 atom stereocenters. The van der Waals surface area contributed by atoms with Gasteiger partial charge < -0.3 is 14.6 Å². The van der Waals surface area contributed by atoms with Gasteiger partial charge in [0.25, 0.3) is 0 Å². The van der Waals surface area contributed by atoms with Gasteiger partial charge in [0.15, 0.2) is 0 Å². The van der Waals surface area contributed by atoms with Crippen LogP contribution in [0.1, 0.15) is 0 Å². The molecule has 162 valence electrons. The average Bonchev–Trinajstić information content (AvgIpc) is 2.80. The van der Waals surface area contributed by atoms with Crippen molar-refractivity contribution in [3.05, 3.63) is 60.9 Å². The Labute approximate surface area is 183 Å². The van der Waals surface area contributed by atoms with Crippen molar-refractivity contribution in [3.63, 3.8) is 0 Å². The van der Waals surface area contributed by atoms with Crippen LogP contribution in [0.15, 0.2) is 60.9 Å². The van der Waals surface area contributed by atoms with Crippen LogP contribution < -0.4 is 4.74 Å². The zero-order chi connectivity index (χ0) is 21.0. The molecule has 31 heavy (non-hydrogen) atoms. The number of β-amino-alcohol motifs (C(OH)–C–C–N with tert-alkyl or cyclic N) is 1. The minimum Gasteiger partial charge on any atom is -0.491 e. The highest BCUT2D eigenvalue weighted by Gasteiger charge is 2.33. The first-order valence-corrected chi connectivity index (χ1v) is 11.0. The van der Waals surface area contributed by atoms with Crippen molar-refractivity contribution in [2.45, 2.75) is 12.1 Å². The Morgan fingerprint density at radius 2 is 1.87 bits per heavy atom. The summed E-state index contributed by atoms with van der Waals surface area (Å²) in [6, 6.07) is 17.1. The summed E-state index contributed by atoms with van der Waals surface area (Å²) in [6.45, 7) is 6.70. The Hall–Kier alpha value is -2.51. The molecule has 0 amide bonds. The van der Waals surface area contributed by atoms with E-state index in [0.29, 0.717) is 19.2 Å². The predicted molar refractivity (Wildman–Crippen MR) is 121 cm³/mol. The highest BCUT2D eigenvalue weighted by molar-refractivity contribution is 5.88. The molecular weight excluding hydrogens is 390 g/mol. The maximum atomic E-state index is 10.4. The van der Waals surface area contributed by atoms with Crippen molar-refractivity contribution >= 4 is 10.8 Å². The molecule has 3 aromatic rings. The van der Waals surface area contributed by atoms with E-state index in [-0.39, 0.29) is 0 Å². The molecule has 0 bridgehead atoms. The van der Waals surface area contributed by atoms with E-state index in [0.717, 1.165) is 67.0 Å². The summed E-state index contributed by atoms with van der Waals surface area (Å²) in [5.41, 5.74) is 2.22. The molecule has 0 spiro atoms. The van der Waals surface area contributed by atoms with Gasteiger partial charge in [-0.15, -0.1) is 0 Å². The molecule has 5 rings (SSSR count). The van der Waals surface area contributed by atoms with Gasteiger partial charge in [0.05, 0.1) is 13.2 Å². The molecule has 6 heteroatoms. The van der Waals surface area contributed by atoms with Gasteiger partial charge in [-0.2, -0.15) is 0 Å². The second-order valence-corrected chi connectivity index (χ2v) is 8.45. The molecule has 0 saturated carbocycles. The molecule has 2 saturated heterocycles. The van der Waals surface area contributed by atoms with E-state index in [1.54, 1.807) is 6.20 Å². The predicted octanol–water partition coefficient (Wildman–Crippen LogP) is 2.66. The fourth-order valence-corrected chi connectivity index (χ4v) is 4.44. The molecule has 0 aliphatic carbocycles. The largest absolute Gasteiger partial charge is 0.491 e. The van der Waals surface area contributed by atoms with Crippen molar-refractivity contribution in [1.29, 1.82) is 0 Å². The number of nitrogens with zero attached hydrogens (tertiary/aromatic N) is 3. The maximum Gasteiger partial charge on any atom is 0.120 e. The molecule has 6 nitrogen and oxygen atoms in total. The normalized spacial score (nSPS) is 19.3. The van der Waals surface area contributed by atoms with Crippen LogP contribution in [-0.4, -0.2) is 84.6 Å². The van der Waals surface area contributed by atoms with Crippen molar-refractivity contribution in [3.8, 4) is 16.9 Å². The standard InChI is InChI=1S/C25H29N3O3/c29-24(17-27-15-23(16-27)28-8-10-30-11-9-28)18-31-25-6-5-19-3-4-20(12-22(19)13-25)21-2-1-7-26-14-21/h1-7,12-14,23-24,29H,8-11,15-18H2. The van der Waals surface area contributed by atoms with Crippen LogP contribution in [-0.2, 0) is 4.74 Å². The minimum atomic E-state index is -0.497. The van der Waals surface area contributed by atoms with Crippen molar-refractivity contribution < 1.29 is 14.6 Å². The van der Waals surface area contributed by atoms with Crippen LogP contribution in [0.25, 0.3) is 21.9 Å². The second-order valence-electron chi connectivity index (χ2n) is 8.45. The number of pyridine rings is 1. The Morgan fingerprint density at radius 1 is 1.03 bits per heavy atom. The van der Waals surface area contributed by atoms with Gasteiger partial charge in [-0.25, -0.2) is 0 Å². The SMILES string of the molecule is OC(COc1ccc2ccc(-c3cccnc3)cc2c1)CN1CC(N2CCOCC2)C1. The third-order valence-corrected chi connectivity index (χ3v) is 6.22. The molecule has 3 heterocycles. The monoisotopic (exact) mass is 419 g/mol. The van der Waals surface area contributed by atoms with Gasteiger partial charge in [0.1, 0.15) is 18.5 Å². The molecule has 2 aliphatic rings. The number of hydrogen-bond donors (Lipinski definition) is 1. The molecule has 2 aliphatic heterocycles. The fraction of sp³-hybridized carbons (Fsp3) is 0.400. The Bertz CT molecular complexity index is 1000. The van der Waals surface area contributed by atoms with E-state index in [4.69, 9.17) is 9.47 Å². The highest BCUT2D eigenvalue weighted by Crippen LogP contribution is 2.27. The Morgan fingerprint density at radius 3 is 2.68 bits per heavy atom. The van der Waals surface area contributed by atoms with E-state index < -0.39 is 6.10 Å². The maximum absolute atomic E-state index is 10.4. The van der Waals surface area contributed by atoms with Crippen molar-refractivity contribution in [1.82, 2.24) is 14.8 Å². The number of aromatic nitrogens is 1. The van der Waals surface area contributed by atoms with Gasteiger partial charge in [-0.3, -0.25) is 14.8 Å². The van der Waals surface area contributed by atoms with E-state index in [2.05, 4.69) is 45.1 Å². The van der Waals surface area contributed by atoms with E-state index in [1.807, 2.05) is 24.4 Å². The number of hydrogen-bond acceptors (Lipinski definition) is 6. The third kappa shape index (κ3) is 4.88. The van der Waals surface area contributed by atoms with Crippen LogP contribution in [0.4, 0.5) is 0 Å². The lowest BCUT2D eigenvalue weighted by atomic mass is 10.0. The number of aliphatic hydroxyl groups excluding tert-OH is 1. The molecule has 1 N–H and O–H groups in total. The lowest BCUT2D eigenvalue weighted by Gasteiger charge is -2.47. The van der Waals surface area contributed by atoms with Gasteiger partial charge in [0, 0.05) is 56.7 Å². The van der Waals surface area contributed by atoms with Gasteiger partial charge in [0.2, 0.25) is 0 Å². The number of fused-ring (bicyclic) bond motifs is 1. The molecule has 2 aromatic carbocycles. The molecular formula is C25H29N3O3. The zero-order valence-corrected chi connectivity index (χ0v) is 17.7. The Balaban J connectivity index is 1.14. The first-order valence-electron chi connectivity index (χ1n) is 11.0. The number of aliphatic hydroxyl groups is 1. The number of rotatable bonds is 7. The first kappa shape index (κ1) is 20.4. The minimum absolute atomic E-state index is 0.298. The fourth-order valence-electron chi connectivity index (χ4n) is 4.44. The summed E-state index contributed by atoms with van der Waals surface area (Å²) in [4.78, 5) is 9.01. The van der Waals surface area contributed by atoms with E-state index in [9.17, 15) is 5.11 Å². The van der Waals surface area contributed by atoms with Crippen molar-refractivity contribution in [2.75, 3.05) is 52.5 Å². The van der Waals surface area contributed by atoms with Crippen LogP contribution in [0.5, 0.6) is 5.75 Å². The number of benzene rings is 2. The lowest BCUT2D eigenvalue weighted by Crippen LogP contribution is -2.62.